The SMILES string of the molecule is CCCC(C)C(O)COC(C)(C)C. The monoisotopic (exact) mass is 188 g/mol. The first-order chi connectivity index (χ1) is 5.87. The smallest absolute Gasteiger partial charge is 0.0799 e. The van der Waals surface area contributed by atoms with Crippen LogP contribution in [0.2, 0.25) is 0 Å². The minimum Gasteiger partial charge on any atom is -0.390 e. The minimum atomic E-state index is -0.320. The summed E-state index contributed by atoms with van der Waals surface area (Å²) in [5.41, 5.74) is -0.146. The predicted octanol–water partition coefficient (Wildman–Crippen LogP) is 2.60. The molecule has 0 aromatic rings. The second-order valence-electron chi connectivity index (χ2n) is 4.76. The second kappa shape index (κ2) is 5.61. The van der Waals surface area contributed by atoms with E-state index in [1.165, 1.54) is 0 Å². The molecule has 0 fully saturated rings. The summed E-state index contributed by atoms with van der Waals surface area (Å²) in [4.78, 5) is 0. The molecule has 0 aliphatic rings. The molecule has 0 heterocycles. The molecule has 80 valence electrons. The van der Waals surface area contributed by atoms with Crippen LogP contribution in [0.3, 0.4) is 0 Å². The fourth-order valence-electron chi connectivity index (χ4n) is 1.15. The molecule has 0 saturated heterocycles. The minimum absolute atomic E-state index is 0.146. The van der Waals surface area contributed by atoms with Crippen molar-refractivity contribution in [2.45, 2.75) is 59.2 Å². The standard InChI is InChI=1S/C11H24O2/c1-6-7-9(2)10(12)8-13-11(3,4)5/h9-10,12H,6-8H2,1-5H3. The number of aliphatic hydroxyl groups is 1. The molecule has 1 N–H and O–H groups in total. The van der Waals surface area contributed by atoms with Gasteiger partial charge < -0.3 is 9.84 Å². The van der Waals surface area contributed by atoms with Crippen LogP contribution in [0.4, 0.5) is 0 Å². The summed E-state index contributed by atoms with van der Waals surface area (Å²) in [6, 6.07) is 0. The molecular weight excluding hydrogens is 164 g/mol. The Morgan fingerprint density at radius 2 is 1.85 bits per heavy atom. The van der Waals surface area contributed by atoms with Gasteiger partial charge in [0.05, 0.1) is 18.3 Å². The van der Waals surface area contributed by atoms with E-state index in [-0.39, 0.29) is 11.7 Å². The molecule has 0 radical (unpaired) electrons. The molecule has 0 spiro atoms. The highest BCUT2D eigenvalue weighted by Crippen LogP contribution is 2.14. The second-order valence-corrected chi connectivity index (χ2v) is 4.76. The van der Waals surface area contributed by atoms with Gasteiger partial charge in [0.15, 0.2) is 0 Å². The van der Waals surface area contributed by atoms with E-state index in [1.807, 2.05) is 20.8 Å². The van der Waals surface area contributed by atoms with Gasteiger partial charge in [-0.25, -0.2) is 0 Å². The summed E-state index contributed by atoms with van der Waals surface area (Å²) in [5, 5.41) is 9.69. The summed E-state index contributed by atoms with van der Waals surface area (Å²) in [7, 11) is 0. The highest BCUT2D eigenvalue weighted by Gasteiger charge is 2.17. The maximum absolute atomic E-state index is 9.69. The van der Waals surface area contributed by atoms with Crippen LogP contribution in [0.25, 0.3) is 0 Å². The predicted molar refractivity (Wildman–Crippen MR) is 55.8 cm³/mol. The molecule has 2 nitrogen and oxygen atoms in total. The number of aliphatic hydroxyl groups excluding tert-OH is 1. The quantitative estimate of drug-likeness (QED) is 0.718. The van der Waals surface area contributed by atoms with E-state index in [9.17, 15) is 5.11 Å². The Labute approximate surface area is 82.3 Å². The van der Waals surface area contributed by atoms with Crippen molar-refractivity contribution >= 4 is 0 Å². The Bertz CT molecular complexity index is 127. The van der Waals surface area contributed by atoms with Crippen LogP contribution < -0.4 is 0 Å². The number of hydrogen-bond acceptors (Lipinski definition) is 2. The Morgan fingerprint density at radius 3 is 2.23 bits per heavy atom. The number of hydrogen-bond donors (Lipinski definition) is 1. The molecule has 2 unspecified atom stereocenters. The number of rotatable bonds is 5. The molecule has 0 aliphatic heterocycles. The van der Waals surface area contributed by atoms with Crippen LogP contribution in [0.1, 0.15) is 47.5 Å². The lowest BCUT2D eigenvalue weighted by Gasteiger charge is -2.24. The number of ether oxygens (including phenoxy) is 1. The van der Waals surface area contributed by atoms with E-state index < -0.39 is 0 Å². The summed E-state index contributed by atoms with van der Waals surface area (Å²) in [6.45, 7) is 10.7. The van der Waals surface area contributed by atoms with E-state index in [4.69, 9.17) is 4.74 Å². The van der Waals surface area contributed by atoms with Gasteiger partial charge in [0, 0.05) is 0 Å². The van der Waals surface area contributed by atoms with Crippen molar-refractivity contribution in [3.63, 3.8) is 0 Å². The van der Waals surface area contributed by atoms with Crippen molar-refractivity contribution in [2.24, 2.45) is 5.92 Å². The molecular formula is C11H24O2. The van der Waals surface area contributed by atoms with Crippen LogP contribution in [-0.4, -0.2) is 23.4 Å². The van der Waals surface area contributed by atoms with E-state index in [0.29, 0.717) is 12.5 Å². The van der Waals surface area contributed by atoms with Crippen LogP contribution >= 0.6 is 0 Å². The van der Waals surface area contributed by atoms with Gasteiger partial charge in [-0.05, 0) is 33.1 Å². The zero-order valence-electron chi connectivity index (χ0n) is 9.63. The van der Waals surface area contributed by atoms with Gasteiger partial charge in [-0.1, -0.05) is 20.3 Å². The molecule has 0 aromatic heterocycles. The fraction of sp³-hybridized carbons (Fsp3) is 1.00. The third kappa shape index (κ3) is 7.03. The average molecular weight is 188 g/mol. The van der Waals surface area contributed by atoms with Gasteiger partial charge in [-0.2, -0.15) is 0 Å². The van der Waals surface area contributed by atoms with E-state index in [0.717, 1.165) is 12.8 Å². The van der Waals surface area contributed by atoms with Gasteiger partial charge in [-0.15, -0.1) is 0 Å². The van der Waals surface area contributed by atoms with Crippen LogP contribution in [-0.2, 0) is 4.74 Å². The molecule has 2 atom stereocenters. The summed E-state index contributed by atoms with van der Waals surface area (Å²) >= 11 is 0. The Kier molecular flexibility index (Phi) is 5.57. The van der Waals surface area contributed by atoms with Crippen LogP contribution in [0.5, 0.6) is 0 Å². The molecule has 2 heteroatoms. The van der Waals surface area contributed by atoms with Crippen LogP contribution in [0.15, 0.2) is 0 Å². The van der Waals surface area contributed by atoms with Gasteiger partial charge in [0.1, 0.15) is 0 Å². The molecule has 0 aromatic carbocycles. The maximum atomic E-state index is 9.69. The third-order valence-corrected chi connectivity index (χ3v) is 2.09. The zero-order chi connectivity index (χ0) is 10.5. The zero-order valence-corrected chi connectivity index (χ0v) is 9.63. The van der Waals surface area contributed by atoms with Crippen molar-refractivity contribution < 1.29 is 9.84 Å². The van der Waals surface area contributed by atoms with Gasteiger partial charge in [-0.3, -0.25) is 0 Å². The normalized spacial score (nSPS) is 17.1. The molecule has 0 aliphatic carbocycles. The maximum Gasteiger partial charge on any atom is 0.0799 e. The first kappa shape index (κ1) is 12.9. The highest BCUT2D eigenvalue weighted by atomic mass is 16.5. The molecule has 13 heavy (non-hydrogen) atoms. The first-order valence-corrected chi connectivity index (χ1v) is 5.19. The van der Waals surface area contributed by atoms with Gasteiger partial charge in [0.25, 0.3) is 0 Å². The topological polar surface area (TPSA) is 29.5 Å². The Balaban J connectivity index is 3.67. The Morgan fingerprint density at radius 1 is 1.31 bits per heavy atom. The lowest BCUT2D eigenvalue weighted by Crippen LogP contribution is -2.30. The summed E-state index contributed by atoms with van der Waals surface area (Å²) < 4.78 is 5.51. The summed E-state index contributed by atoms with van der Waals surface area (Å²) in [5.74, 6) is 0.340. The van der Waals surface area contributed by atoms with Gasteiger partial charge >= 0.3 is 0 Å². The van der Waals surface area contributed by atoms with E-state index >= 15 is 0 Å². The van der Waals surface area contributed by atoms with Crippen LogP contribution in [0, 0.1) is 5.92 Å². The van der Waals surface area contributed by atoms with Gasteiger partial charge in [0.2, 0.25) is 0 Å². The third-order valence-electron chi connectivity index (χ3n) is 2.09. The Hall–Kier alpha value is -0.0800. The largest absolute Gasteiger partial charge is 0.390 e. The first-order valence-electron chi connectivity index (χ1n) is 5.19. The average Bonchev–Trinajstić information content (AvgIpc) is 1.99. The molecule has 0 saturated carbocycles. The highest BCUT2D eigenvalue weighted by molar-refractivity contribution is 4.66. The lowest BCUT2D eigenvalue weighted by molar-refractivity contribution is -0.0633. The van der Waals surface area contributed by atoms with Crippen molar-refractivity contribution in [3.05, 3.63) is 0 Å². The van der Waals surface area contributed by atoms with E-state index in [1.54, 1.807) is 0 Å². The fourth-order valence-corrected chi connectivity index (χ4v) is 1.15. The molecule has 0 bridgehead atoms. The van der Waals surface area contributed by atoms with Crippen molar-refractivity contribution in [1.29, 1.82) is 0 Å². The summed E-state index contributed by atoms with van der Waals surface area (Å²) in [6.07, 6.45) is 1.86. The lowest BCUT2D eigenvalue weighted by atomic mass is 10.00. The van der Waals surface area contributed by atoms with Crippen molar-refractivity contribution in [3.8, 4) is 0 Å². The van der Waals surface area contributed by atoms with Crippen molar-refractivity contribution in [1.82, 2.24) is 0 Å². The van der Waals surface area contributed by atoms with E-state index in [2.05, 4.69) is 13.8 Å². The van der Waals surface area contributed by atoms with Crippen molar-refractivity contribution in [2.75, 3.05) is 6.61 Å². The molecule has 0 amide bonds. The molecule has 0 rings (SSSR count).